The van der Waals surface area contributed by atoms with Gasteiger partial charge in [0.1, 0.15) is 0 Å². The first-order valence-corrected chi connectivity index (χ1v) is 6.36. The molecule has 1 aliphatic carbocycles. The van der Waals surface area contributed by atoms with E-state index in [0.717, 1.165) is 0 Å². The van der Waals surface area contributed by atoms with Crippen LogP contribution in [0.3, 0.4) is 0 Å². The summed E-state index contributed by atoms with van der Waals surface area (Å²) in [4.78, 5) is 0. The molecule has 6 heteroatoms. The third-order valence-corrected chi connectivity index (χ3v) is 4.63. The monoisotopic (exact) mass is 292 g/mol. The van der Waals surface area contributed by atoms with Gasteiger partial charge in [-0.2, -0.15) is 21.0 Å². The fraction of sp³-hybridized carbons (Fsp3) is 0.375. The molecule has 0 aliphatic heterocycles. The number of benzene rings is 1. The number of rotatable bonds is 3. The predicted octanol–water partition coefficient (Wildman–Crippen LogP) is 2.04. The van der Waals surface area contributed by atoms with Gasteiger partial charge in [-0.1, -0.05) is 13.0 Å². The summed E-state index contributed by atoms with van der Waals surface area (Å²) >= 11 is 0. The molecule has 1 saturated carbocycles. The Labute approximate surface area is 128 Å². The number of hydrogen-bond acceptors (Lipinski definition) is 6. The van der Waals surface area contributed by atoms with Crippen molar-refractivity contribution in [2.24, 2.45) is 10.8 Å². The Kier molecular flexibility index (Phi) is 3.21. The zero-order valence-corrected chi connectivity index (χ0v) is 12.3. The average molecular weight is 292 g/mol. The maximum absolute atomic E-state index is 9.45. The molecule has 108 valence electrons. The number of methoxy groups -OCH3 is 2. The lowest BCUT2D eigenvalue weighted by Gasteiger charge is -2.15. The van der Waals surface area contributed by atoms with E-state index in [2.05, 4.69) is 0 Å². The van der Waals surface area contributed by atoms with Crippen molar-refractivity contribution in [3.63, 3.8) is 0 Å². The van der Waals surface area contributed by atoms with E-state index >= 15 is 0 Å². The Hall–Kier alpha value is -3.22. The summed E-state index contributed by atoms with van der Waals surface area (Å²) < 4.78 is 10.4. The minimum Gasteiger partial charge on any atom is -0.493 e. The van der Waals surface area contributed by atoms with Crippen molar-refractivity contribution < 1.29 is 9.47 Å². The lowest BCUT2D eigenvalue weighted by molar-refractivity contribution is 0.354. The van der Waals surface area contributed by atoms with Crippen molar-refractivity contribution in [3.05, 3.63) is 23.8 Å². The third kappa shape index (κ3) is 1.30. The molecule has 0 spiro atoms. The highest BCUT2D eigenvalue weighted by Gasteiger charge is 2.90. The highest BCUT2D eigenvalue weighted by atomic mass is 16.5. The minimum absolute atomic E-state index is 0.405. The zero-order chi connectivity index (χ0) is 16.6. The van der Waals surface area contributed by atoms with Gasteiger partial charge in [0.05, 0.1) is 43.9 Å². The molecule has 0 aromatic heterocycles. The predicted molar refractivity (Wildman–Crippen MR) is 74.2 cm³/mol. The van der Waals surface area contributed by atoms with Gasteiger partial charge in [0, 0.05) is 0 Å². The van der Waals surface area contributed by atoms with Crippen LogP contribution in [0, 0.1) is 56.2 Å². The van der Waals surface area contributed by atoms with Crippen LogP contribution in [0.2, 0.25) is 0 Å². The summed E-state index contributed by atoms with van der Waals surface area (Å²) in [5, 5.41) is 37.8. The van der Waals surface area contributed by atoms with Gasteiger partial charge in [0.15, 0.2) is 22.3 Å². The van der Waals surface area contributed by atoms with Crippen LogP contribution in [0.25, 0.3) is 0 Å². The van der Waals surface area contributed by atoms with Crippen LogP contribution in [0.15, 0.2) is 18.2 Å². The third-order valence-electron chi connectivity index (χ3n) is 4.63. The van der Waals surface area contributed by atoms with Crippen LogP contribution < -0.4 is 9.47 Å². The van der Waals surface area contributed by atoms with Gasteiger partial charge < -0.3 is 9.47 Å². The molecule has 0 N–H and O–H groups in total. The summed E-state index contributed by atoms with van der Waals surface area (Å²) in [6.45, 7) is 1.58. The fourth-order valence-corrected chi connectivity index (χ4v) is 3.13. The van der Waals surface area contributed by atoms with Crippen molar-refractivity contribution in [2.75, 3.05) is 14.2 Å². The molecule has 0 amide bonds. The van der Waals surface area contributed by atoms with Crippen LogP contribution in [0.1, 0.15) is 12.5 Å². The maximum atomic E-state index is 9.45. The molecule has 0 unspecified atom stereocenters. The summed E-state index contributed by atoms with van der Waals surface area (Å²) in [5.74, 6) is 0.886. The van der Waals surface area contributed by atoms with E-state index in [-0.39, 0.29) is 0 Å². The first-order chi connectivity index (χ1) is 10.5. The molecule has 1 fully saturated rings. The summed E-state index contributed by atoms with van der Waals surface area (Å²) in [5.41, 5.74) is -4.16. The number of hydrogen-bond donors (Lipinski definition) is 0. The molecule has 0 heterocycles. The van der Waals surface area contributed by atoms with Crippen molar-refractivity contribution >= 4 is 0 Å². The molecule has 2 rings (SSSR count). The molecular formula is C16H12N4O2. The SMILES string of the molecule is COc1ccc(C2(C)C(C#N)(C#N)C2(C#N)C#N)cc1OC. The normalized spacial score (nSPS) is 18.7. The van der Waals surface area contributed by atoms with Crippen LogP contribution in [-0.2, 0) is 5.41 Å². The Morgan fingerprint density at radius 1 is 0.818 bits per heavy atom. The molecule has 0 bridgehead atoms. The van der Waals surface area contributed by atoms with E-state index in [9.17, 15) is 21.0 Å². The minimum atomic E-state index is -1.72. The number of ether oxygens (including phenoxy) is 2. The average Bonchev–Trinajstić information content (AvgIpc) is 3.07. The standard InChI is InChI=1S/C16H12N4O2/c1-14(11-4-5-12(21-2)13(6-11)22-3)15(7-17,8-18)16(14,9-19)10-20/h4-6H,1-3H3. The molecule has 1 aromatic carbocycles. The van der Waals surface area contributed by atoms with Gasteiger partial charge in [-0.25, -0.2) is 0 Å². The molecule has 22 heavy (non-hydrogen) atoms. The van der Waals surface area contributed by atoms with Crippen molar-refractivity contribution in [2.45, 2.75) is 12.3 Å². The van der Waals surface area contributed by atoms with E-state index in [1.165, 1.54) is 14.2 Å². The molecule has 1 aliphatic rings. The van der Waals surface area contributed by atoms with Crippen LogP contribution in [0.5, 0.6) is 11.5 Å². The summed E-state index contributed by atoms with van der Waals surface area (Å²) in [6, 6.07) is 12.3. The first kappa shape index (κ1) is 15.2. The summed E-state index contributed by atoms with van der Waals surface area (Å²) in [6.07, 6.45) is 0. The smallest absolute Gasteiger partial charge is 0.188 e. The van der Waals surface area contributed by atoms with E-state index in [0.29, 0.717) is 17.1 Å². The van der Waals surface area contributed by atoms with E-state index in [4.69, 9.17) is 9.47 Å². The van der Waals surface area contributed by atoms with E-state index < -0.39 is 16.2 Å². The number of nitrogens with zero attached hydrogens (tertiary/aromatic N) is 4. The Bertz CT molecular complexity index is 735. The molecule has 0 saturated heterocycles. The van der Waals surface area contributed by atoms with Gasteiger partial charge in [-0.3, -0.25) is 0 Å². The first-order valence-electron chi connectivity index (χ1n) is 6.36. The lowest BCUT2D eigenvalue weighted by atomic mass is 9.87. The molecule has 0 radical (unpaired) electrons. The lowest BCUT2D eigenvalue weighted by Crippen LogP contribution is -2.13. The number of nitriles is 4. The Balaban J connectivity index is 2.73. The topological polar surface area (TPSA) is 114 Å². The molecule has 6 nitrogen and oxygen atoms in total. The highest BCUT2D eigenvalue weighted by molar-refractivity contribution is 5.65. The molecule has 1 aromatic rings. The van der Waals surface area contributed by atoms with Gasteiger partial charge in [-0.05, 0) is 17.7 Å². The van der Waals surface area contributed by atoms with Crippen molar-refractivity contribution in [3.8, 4) is 35.8 Å². The van der Waals surface area contributed by atoms with Crippen molar-refractivity contribution in [1.29, 1.82) is 21.0 Å². The second-order valence-electron chi connectivity index (χ2n) is 5.14. The van der Waals surface area contributed by atoms with Gasteiger partial charge in [-0.15, -0.1) is 0 Å². The van der Waals surface area contributed by atoms with Crippen LogP contribution in [0.4, 0.5) is 0 Å². The van der Waals surface area contributed by atoms with Gasteiger partial charge >= 0.3 is 0 Å². The highest BCUT2D eigenvalue weighted by Crippen LogP contribution is 2.77. The maximum Gasteiger partial charge on any atom is 0.188 e. The second kappa shape index (κ2) is 4.66. The quantitative estimate of drug-likeness (QED) is 0.842. The second-order valence-corrected chi connectivity index (χ2v) is 5.14. The fourth-order valence-electron chi connectivity index (χ4n) is 3.13. The van der Waals surface area contributed by atoms with E-state index in [1.807, 2.05) is 24.3 Å². The van der Waals surface area contributed by atoms with Gasteiger partial charge in [0.2, 0.25) is 0 Å². The van der Waals surface area contributed by atoms with Crippen LogP contribution >= 0.6 is 0 Å². The van der Waals surface area contributed by atoms with Crippen LogP contribution in [-0.4, -0.2) is 14.2 Å². The largest absolute Gasteiger partial charge is 0.493 e. The Morgan fingerprint density at radius 3 is 1.64 bits per heavy atom. The van der Waals surface area contributed by atoms with Crippen molar-refractivity contribution in [1.82, 2.24) is 0 Å². The zero-order valence-electron chi connectivity index (χ0n) is 12.3. The molecular weight excluding hydrogens is 280 g/mol. The van der Waals surface area contributed by atoms with E-state index in [1.54, 1.807) is 25.1 Å². The Morgan fingerprint density at radius 2 is 1.27 bits per heavy atom. The summed E-state index contributed by atoms with van der Waals surface area (Å²) in [7, 11) is 2.95. The molecule has 0 atom stereocenters. The van der Waals surface area contributed by atoms with Gasteiger partial charge in [0.25, 0.3) is 0 Å².